The second-order valence-corrected chi connectivity index (χ2v) is 8.30. The molecular weight excluding hydrogens is 342 g/mol. The number of rotatable bonds is 3. The van der Waals surface area contributed by atoms with E-state index < -0.39 is 47.3 Å². The highest BCUT2D eigenvalue weighted by Gasteiger charge is 2.50. The minimum Gasteiger partial charge on any atom is -0.459 e. The van der Waals surface area contributed by atoms with E-state index in [0.717, 1.165) is 9.80 Å². The molecule has 4 amide bonds. The smallest absolute Gasteiger partial charge is 0.408 e. The molecule has 0 aromatic heterocycles. The largest absolute Gasteiger partial charge is 0.459 e. The van der Waals surface area contributed by atoms with E-state index in [1.54, 1.807) is 48.5 Å². The van der Waals surface area contributed by atoms with Gasteiger partial charge < -0.3 is 19.7 Å². The van der Waals surface area contributed by atoms with Gasteiger partial charge in [0, 0.05) is 7.05 Å². The zero-order valence-electron chi connectivity index (χ0n) is 16.7. The van der Waals surface area contributed by atoms with Gasteiger partial charge in [0.2, 0.25) is 0 Å². The van der Waals surface area contributed by atoms with Crippen LogP contribution in [0, 0.1) is 0 Å². The number of likely N-dealkylation sites (tertiary alicyclic amines) is 1. The zero-order chi connectivity index (χ0) is 20.4. The van der Waals surface area contributed by atoms with Crippen LogP contribution < -0.4 is 5.32 Å². The molecule has 1 saturated heterocycles. The summed E-state index contributed by atoms with van der Waals surface area (Å²) < 4.78 is 10.3. The number of likely N-dealkylation sites (N-methyl/N-ethyl adjacent to an activating group) is 1. The molecule has 1 rings (SSSR count). The van der Waals surface area contributed by atoms with Crippen molar-refractivity contribution in [1.82, 2.24) is 15.1 Å². The molecule has 1 heterocycles. The second-order valence-electron chi connectivity index (χ2n) is 8.30. The molecule has 148 valence electrons. The number of carbonyl (C=O) groups excluding carboxylic acids is 4. The molecule has 1 aliphatic heterocycles. The first-order valence-corrected chi connectivity index (χ1v) is 8.42. The van der Waals surface area contributed by atoms with Crippen LogP contribution in [0.25, 0.3) is 0 Å². The van der Waals surface area contributed by atoms with Crippen LogP contribution in [0.3, 0.4) is 0 Å². The van der Waals surface area contributed by atoms with Crippen molar-refractivity contribution in [3.8, 4) is 0 Å². The third-order valence-corrected chi connectivity index (χ3v) is 3.38. The Kier molecular flexibility index (Phi) is 6.27. The van der Waals surface area contributed by atoms with Gasteiger partial charge >= 0.3 is 18.1 Å². The van der Waals surface area contributed by atoms with Crippen LogP contribution in [0.5, 0.6) is 0 Å². The first kappa shape index (κ1) is 21.7. The number of carbonyl (C=O) groups is 4. The van der Waals surface area contributed by atoms with Crippen LogP contribution in [0.4, 0.5) is 9.59 Å². The van der Waals surface area contributed by atoms with Crippen LogP contribution in [0.1, 0.15) is 48.5 Å². The molecule has 1 aliphatic rings. The molecule has 9 nitrogen and oxygen atoms in total. The highest BCUT2D eigenvalue weighted by atomic mass is 16.6. The van der Waals surface area contributed by atoms with Gasteiger partial charge in [-0.05, 0) is 48.5 Å². The average Bonchev–Trinajstić information content (AvgIpc) is 2.40. The maximum atomic E-state index is 12.4. The van der Waals surface area contributed by atoms with Crippen LogP contribution in [0.15, 0.2) is 0 Å². The van der Waals surface area contributed by atoms with E-state index in [4.69, 9.17) is 9.47 Å². The van der Waals surface area contributed by atoms with E-state index in [9.17, 15) is 19.2 Å². The number of β-lactam (4-membered cyclic amide) rings is 1. The minimum absolute atomic E-state index is 0.281. The Morgan fingerprint density at radius 3 is 2.00 bits per heavy atom. The summed E-state index contributed by atoms with van der Waals surface area (Å²) in [6.45, 7) is 11.6. The minimum atomic E-state index is -0.844. The zero-order valence-corrected chi connectivity index (χ0v) is 16.7. The van der Waals surface area contributed by atoms with Crippen molar-refractivity contribution in [2.24, 2.45) is 0 Å². The standard InChI is InChI=1S/C17H29N3O6/c1-10-12(18-14(23)26-17(5,6)7)13(22)20(10)15(24)19(8)9-11(21)25-16(2,3)4/h10,12H,9H2,1-8H3,(H,18,23)/t10-,12-/m0/s1. The molecule has 0 radical (unpaired) electrons. The number of esters is 1. The first-order valence-electron chi connectivity index (χ1n) is 8.42. The molecule has 1 N–H and O–H groups in total. The van der Waals surface area contributed by atoms with Gasteiger partial charge in [-0.25, -0.2) is 9.59 Å². The molecule has 9 heteroatoms. The summed E-state index contributed by atoms with van der Waals surface area (Å²) in [6, 6.07) is -2.03. The molecule has 0 aliphatic carbocycles. The van der Waals surface area contributed by atoms with Gasteiger partial charge in [-0.15, -0.1) is 0 Å². The number of ether oxygens (including phenoxy) is 2. The molecule has 0 aromatic rings. The summed E-state index contributed by atoms with van der Waals surface area (Å²) in [4.78, 5) is 50.3. The Morgan fingerprint density at radius 2 is 1.58 bits per heavy atom. The number of alkyl carbamates (subject to hydrolysis) is 1. The van der Waals surface area contributed by atoms with Crippen molar-refractivity contribution in [1.29, 1.82) is 0 Å². The summed E-state index contributed by atoms with van der Waals surface area (Å²) >= 11 is 0. The van der Waals surface area contributed by atoms with E-state index >= 15 is 0 Å². The number of amides is 4. The molecule has 0 unspecified atom stereocenters. The van der Waals surface area contributed by atoms with Crippen molar-refractivity contribution in [2.45, 2.75) is 71.8 Å². The predicted molar refractivity (Wildman–Crippen MR) is 93.3 cm³/mol. The van der Waals surface area contributed by atoms with Gasteiger partial charge in [0.25, 0.3) is 5.91 Å². The van der Waals surface area contributed by atoms with Crippen LogP contribution in [-0.4, -0.2) is 70.7 Å². The molecule has 0 spiro atoms. The van der Waals surface area contributed by atoms with Crippen LogP contribution >= 0.6 is 0 Å². The summed E-state index contributed by atoms with van der Waals surface area (Å²) in [6.07, 6.45) is -0.725. The Morgan fingerprint density at radius 1 is 1.08 bits per heavy atom. The molecular formula is C17H29N3O6. The summed E-state index contributed by atoms with van der Waals surface area (Å²) in [7, 11) is 1.40. The number of hydrogen-bond acceptors (Lipinski definition) is 6. The third-order valence-electron chi connectivity index (χ3n) is 3.38. The Hall–Kier alpha value is -2.32. The van der Waals surface area contributed by atoms with Crippen LogP contribution in [-0.2, 0) is 19.1 Å². The lowest BCUT2D eigenvalue weighted by Gasteiger charge is -2.44. The highest BCUT2D eigenvalue weighted by molar-refractivity contribution is 6.04. The summed E-state index contributed by atoms with van der Waals surface area (Å²) in [5, 5.41) is 2.45. The fraction of sp³-hybridized carbons (Fsp3) is 0.765. The van der Waals surface area contributed by atoms with Crippen LogP contribution in [0.2, 0.25) is 0 Å². The summed E-state index contributed by atoms with van der Waals surface area (Å²) in [5.74, 6) is -1.12. The van der Waals surface area contributed by atoms with Gasteiger partial charge in [0.15, 0.2) is 0 Å². The van der Waals surface area contributed by atoms with Gasteiger partial charge in [-0.3, -0.25) is 14.5 Å². The van der Waals surface area contributed by atoms with Crippen molar-refractivity contribution >= 4 is 24.0 Å². The molecule has 26 heavy (non-hydrogen) atoms. The maximum absolute atomic E-state index is 12.4. The van der Waals surface area contributed by atoms with Crippen molar-refractivity contribution < 1.29 is 28.7 Å². The topological polar surface area (TPSA) is 105 Å². The molecule has 1 fully saturated rings. The molecule has 2 atom stereocenters. The van der Waals surface area contributed by atoms with Crippen molar-refractivity contribution in [3.63, 3.8) is 0 Å². The lowest BCUT2D eigenvalue weighted by molar-refractivity contribution is -0.156. The quantitative estimate of drug-likeness (QED) is 0.595. The van der Waals surface area contributed by atoms with Gasteiger partial charge in [-0.2, -0.15) is 0 Å². The Bertz CT molecular complexity index is 590. The SMILES string of the molecule is C[C@H]1[C@H](NC(=O)OC(C)(C)C)C(=O)N1C(=O)N(C)CC(=O)OC(C)(C)C. The molecule has 0 saturated carbocycles. The number of nitrogens with one attached hydrogen (secondary N) is 1. The Labute approximate surface area is 154 Å². The van der Waals surface area contributed by atoms with E-state index in [1.807, 2.05) is 0 Å². The lowest BCUT2D eigenvalue weighted by Crippen LogP contribution is -2.72. The number of urea groups is 1. The van der Waals surface area contributed by atoms with Gasteiger partial charge in [0.1, 0.15) is 23.8 Å². The number of hydrogen-bond donors (Lipinski definition) is 1. The van der Waals surface area contributed by atoms with E-state index in [1.165, 1.54) is 7.05 Å². The van der Waals surface area contributed by atoms with Gasteiger partial charge in [-0.1, -0.05) is 0 Å². The number of nitrogens with zero attached hydrogens (tertiary/aromatic N) is 2. The average molecular weight is 371 g/mol. The lowest BCUT2D eigenvalue weighted by atomic mass is 9.97. The van der Waals surface area contributed by atoms with E-state index in [-0.39, 0.29) is 6.54 Å². The van der Waals surface area contributed by atoms with E-state index in [2.05, 4.69) is 5.32 Å². The maximum Gasteiger partial charge on any atom is 0.408 e. The second kappa shape index (κ2) is 7.51. The summed E-state index contributed by atoms with van der Waals surface area (Å²) in [5.41, 5.74) is -1.35. The molecule has 0 aromatic carbocycles. The molecule has 0 bridgehead atoms. The number of imide groups is 1. The van der Waals surface area contributed by atoms with E-state index in [0.29, 0.717) is 0 Å². The van der Waals surface area contributed by atoms with Crippen molar-refractivity contribution in [3.05, 3.63) is 0 Å². The van der Waals surface area contributed by atoms with Gasteiger partial charge in [0.05, 0.1) is 6.04 Å². The predicted octanol–water partition coefficient (Wildman–Crippen LogP) is 1.50. The normalized spacial score (nSPS) is 20.2. The third kappa shape index (κ3) is 5.89. The highest BCUT2D eigenvalue weighted by Crippen LogP contribution is 2.22. The Balaban J connectivity index is 2.60. The monoisotopic (exact) mass is 371 g/mol. The first-order chi connectivity index (χ1) is 11.6. The fourth-order valence-electron chi connectivity index (χ4n) is 2.33. The fourth-order valence-corrected chi connectivity index (χ4v) is 2.33. The van der Waals surface area contributed by atoms with Crippen molar-refractivity contribution in [2.75, 3.05) is 13.6 Å².